The predicted molar refractivity (Wildman–Crippen MR) is 68.2 cm³/mol. The summed E-state index contributed by atoms with van der Waals surface area (Å²) < 4.78 is 0. The Hall–Kier alpha value is -1.23. The van der Waals surface area contributed by atoms with Gasteiger partial charge < -0.3 is 10.0 Å². The van der Waals surface area contributed by atoms with Crippen LogP contribution in [0.15, 0.2) is 0 Å². The van der Waals surface area contributed by atoms with E-state index in [1.807, 2.05) is 18.9 Å². The molecule has 0 saturated heterocycles. The molecule has 0 radical (unpaired) electrons. The predicted octanol–water partition coefficient (Wildman–Crippen LogP) is 1.20. The van der Waals surface area contributed by atoms with Gasteiger partial charge in [-0.15, -0.1) is 5.10 Å². The van der Waals surface area contributed by atoms with Crippen LogP contribution in [0.4, 0.5) is 5.95 Å². The first kappa shape index (κ1) is 13.8. The molecular formula is C12H22N4O. The van der Waals surface area contributed by atoms with E-state index in [1.54, 1.807) is 13.8 Å². The van der Waals surface area contributed by atoms with E-state index >= 15 is 0 Å². The Morgan fingerprint density at radius 1 is 1.12 bits per heavy atom. The van der Waals surface area contributed by atoms with E-state index in [4.69, 9.17) is 0 Å². The number of likely N-dealkylation sites (N-methyl/N-ethyl adjacent to an activating group) is 1. The van der Waals surface area contributed by atoms with Gasteiger partial charge in [-0.25, -0.2) is 4.98 Å². The summed E-state index contributed by atoms with van der Waals surface area (Å²) >= 11 is 0. The van der Waals surface area contributed by atoms with Crippen molar-refractivity contribution < 1.29 is 5.11 Å². The molecule has 0 aromatic carbocycles. The maximum Gasteiger partial charge on any atom is 0.245 e. The van der Waals surface area contributed by atoms with Crippen molar-refractivity contribution in [3.8, 4) is 0 Å². The molecule has 96 valence electrons. The monoisotopic (exact) mass is 238 g/mol. The van der Waals surface area contributed by atoms with Gasteiger partial charge in [-0.1, -0.05) is 13.8 Å². The van der Waals surface area contributed by atoms with Crippen molar-refractivity contribution in [2.45, 2.75) is 46.1 Å². The van der Waals surface area contributed by atoms with Gasteiger partial charge in [0, 0.05) is 13.6 Å². The van der Waals surface area contributed by atoms with Crippen molar-refractivity contribution in [3.63, 3.8) is 0 Å². The van der Waals surface area contributed by atoms with Crippen molar-refractivity contribution in [1.82, 2.24) is 15.2 Å². The Kier molecular flexibility index (Phi) is 4.40. The number of hydrogen-bond acceptors (Lipinski definition) is 5. The van der Waals surface area contributed by atoms with Crippen LogP contribution in [0.1, 0.15) is 39.1 Å². The minimum atomic E-state index is -0.770. The molecule has 0 spiro atoms. The molecule has 0 bridgehead atoms. The average Bonchev–Trinajstić information content (AvgIpc) is 2.25. The molecule has 1 rings (SSSR count). The zero-order chi connectivity index (χ0) is 13.1. The van der Waals surface area contributed by atoms with Crippen molar-refractivity contribution in [1.29, 1.82) is 0 Å². The van der Waals surface area contributed by atoms with E-state index in [0.29, 0.717) is 12.5 Å². The highest BCUT2D eigenvalue weighted by Gasteiger charge is 2.18. The number of anilines is 1. The Morgan fingerprint density at radius 3 is 2.18 bits per heavy atom. The molecule has 5 heteroatoms. The summed E-state index contributed by atoms with van der Waals surface area (Å²) in [5.74, 6) is 0.571. The SMILES string of the molecule is CCc1nnc(N(C)CC(C)(C)O)nc1CC. The fraction of sp³-hybridized carbons (Fsp3) is 0.750. The fourth-order valence-electron chi connectivity index (χ4n) is 1.74. The van der Waals surface area contributed by atoms with Crippen molar-refractivity contribution >= 4 is 5.95 Å². The number of aromatic nitrogens is 3. The first-order valence-electron chi connectivity index (χ1n) is 6.03. The van der Waals surface area contributed by atoms with Crippen LogP contribution in [-0.2, 0) is 12.8 Å². The smallest absolute Gasteiger partial charge is 0.245 e. The maximum absolute atomic E-state index is 9.76. The van der Waals surface area contributed by atoms with Crippen LogP contribution in [0.25, 0.3) is 0 Å². The highest BCUT2D eigenvalue weighted by atomic mass is 16.3. The van der Waals surface area contributed by atoms with Crippen molar-refractivity contribution in [3.05, 3.63) is 11.4 Å². The van der Waals surface area contributed by atoms with Crippen LogP contribution in [-0.4, -0.2) is 39.5 Å². The molecule has 1 heterocycles. The Morgan fingerprint density at radius 2 is 1.71 bits per heavy atom. The normalized spacial score (nSPS) is 11.6. The summed E-state index contributed by atoms with van der Waals surface area (Å²) in [6.07, 6.45) is 1.70. The second-order valence-electron chi connectivity index (χ2n) is 4.88. The maximum atomic E-state index is 9.76. The lowest BCUT2D eigenvalue weighted by atomic mass is 10.1. The molecule has 0 amide bonds. The van der Waals surface area contributed by atoms with Crippen LogP contribution in [0, 0.1) is 0 Å². The van der Waals surface area contributed by atoms with E-state index < -0.39 is 5.60 Å². The Bertz CT molecular complexity index is 373. The quantitative estimate of drug-likeness (QED) is 0.835. The lowest BCUT2D eigenvalue weighted by molar-refractivity contribution is 0.0882. The number of rotatable bonds is 5. The average molecular weight is 238 g/mol. The van der Waals surface area contributed by atoms with E-state index in [9.17, 15) is 5.11 Å². The lowest BCUT2D eigenvalue weighted by Crippen LogP contribution is -2.37. The zero-order valence-corrected chi connectivity index (χ0v) is 11.4. The zero-order valence-electron chi connectivity index (χ0n) is 11.4. The summed E-state index contributed by atoms with van der Waals surface area (Å²) in [6.45, 7) is 8.10. The number of hydrogen-bond donors (Lipinski definition) is 1. The molecule has 0 atom stereocenters. The molecular weight excluding hydrogens is 216 g/mol. The second kappa shape index (κ2) is 5.40. The van der Waals surface area contributed by atoms with Crippen molar-refractivity contribution in [2.75, 3.05) is 18.5 Å². The van der Waals surface area contributed by atoms with Crippen LogP contribution < -0.4 is 4.90 Å². The largest absolute Gasteiger partial charge is 0.389 e. The third-order valence-electron chi connectivity index (χ3n) is 2.46. The first-order valence-corrected chi connectivity index (χ1v) is 6.03. The van der Waals surface area contributed by atoms with Gasteiger partial charge in [-0.05, 0) is 26.7 Å². The topological polar surface area (TPSA) is 62.1 Å². The van der Waals surface area contributed by atoms with Crippen molar-refractivity contribution in [2.24, 2.45) is 0 Å². The van der Waals surface area contributed by atoms with E-state index in [2.05, 4.69) is 22.1 Å². The van der Waals surface area contributed by atoms with Gasteiger partial charge >= 0.3 is 0 Å². The third kappa shape index (κ3) is 3.93. The van der Waals surface area contributed by atoms with E-state index in [1.165, 1.54) is 0 Å². The Balaban J connectivity index is 2.92. The minimum absolute atomic E-state index is 0.476. The third-order valence-corrected chi connectivity index (χ3v) is 2.46. The molecule has 0 fully saturated rings. The van der Waals surface area contributed by atoms with Gasteiger partial charge in [0.05, 0.1) is 17.0 Å². The highest BCUT2D eigenvalue weighted by molar-refractivity contribution is 5.29. The summed E-state index contributed by atoms with van der Waals surface area (Å²) in [7, 11) is 1.86. The summed E-state index contributed by atoms with van der Waals surface area (Å²) in [5.41, 5.74) is 1.17. The Labute approximate surface area is 103 Å². The van der Waals surface area contributed by atoms with E-state index in [-0.39, 0.29) is 0 Å². The molecule has 1 aromatic rings. The minimum Gasteiger partial charge on any atom is -0.389 e. The molecule has 17 heavy (non-hydrogen) atoms. The van der Waals surface area contributed by atoms with Gasteiger partial charge in [0.15, 0.2) is 0 Å². The second-order valence-corrected chi connectivity index (χ2v) is 4.88. The molecule has 0 aliphatic heterocycles. The number of aryl methyl sites for hydroxylation is 2. The standard InChI is InChI=1S/C12H22N4O/c1-6-9-10(7-2)14-15-11(13-9)16(5)8-12(3,4)17/h17H,6-8H2,1-5H3. The van der Waals surface area contributed by atoms with Crippen LogP contribution in [0.3, 0.4) is 0 Å². The van der Waals surface area contributed by atoms with Crippen LogP contribution in [0.2, 0.25) is 0 Å². The molecule has 0 aliphatic carbocycles. The number of aliphatic hydroxyl groups is 1. The summed E-state index contributed by atoms with van der Waals surface area (Å²) in [4.78, 5) is 6.31. The summed E-state index contributed by atoms with van der Waals surface area (Å²) in [5, 5.41) is 18.0. The first-order chi connectivity index (χ1) is 7.87. The van der Waals surface area contributed by atoms with Gasteiger partial charge in [0.1, 0.15) is 0 Å². The molecule has 0 aliphatic rings. The van der Waals surface area contributed by atoms with Crippen LogP contribution in [0.5, 0.6) is 0 Å². The molecule has 1 N–H and O–H groups in total. The van der Waals surface area contributed by atoms with E-state index in [0.717, 1.165) is 24.2 Å². The van der Waals surface area contributed by atoms with Crippen LogP contribution >= 0.6 is 0 Å². The van der Waals surface area contributed by atoms with Gasteiger partial charge in [0.2, 0.25) is 5.95 Å². The highest BCUT2D eigenvalue weighted by Crippen LogP contribution is 2.12. The summed E-state index contributed by atoms with van der Waals surface area (Å²) in [6, 6.07) is 0. The number of nitrogens with zero attached hydrogens (tertiary/aromatic N) is 4. The molecule has 5 nitrogen and oxygen atoms in total. The fourth-order valence-corrected chi connectivity index (χ4v) is 1.74. The molecule has 0 saturated carbocycles. The van der Waals surface area contributed by atoms with Gasteiger partial charge in [-0.2, -0.15) is 5.10 Å². The molecule has 0 unspecified atom stereocenters. The lowest BCUT2D eigenvalue weighted by Gasteiger charge is -2.25. The molecule has 1 aromatic heterocycles. The van der Waals surface area contributed by atoms with Gasteiger partial charge in [-0.3, -0.25) is 0 Å². The van der Waals surface area contributed by atoms with Gasteiger partial charge in [0.25, 0.3) is 0 Å².